The molecular formula is C19H19FN2O3. The molecule has 1 aliphatic heterocycles. The molecule has 25 heavy (non-hydrogen) atoms. The molecule has 130 valence electrons. The lowest BCUT2D eigenvalue weighted by atomic mass is 10.1. The number of hydrogen-bond acceptors (Lipinski definition) is 3. The van der Waals surface area contributed by atoms with Gasteiger partial charge in [-0.3, -0.25) is 9.59 Å². The molecule has 1 heterocycles. The molecule has 1 fully saturated rings. The summed E-state index contributed by atoms with van der Waals surface area (Å²) in [6, 6.07) is 15.5. The standard InChI is InChI=1S/C19H19FN2O3/c20-17-9-5-4-6-14(17)10-18(23)21-11-16-12-22(19(24)13-25-16)15-7-2-1-3-8-15/h1-9,16H,10-13H2,(H,21,23). The summed E-state index contributed by atoms with van der Waals surface area (Å²) < 4.78 is 19.1. The van der Waals surface area contributed by atoms with E-state index in [1.165, 1.54) is 6.07 Å². The normalized spacial score (nSPS) is 17.4. The van der Waals surface area contributed by atoms with Crippen LogP contribution in [0.2, 0.25) is 0 Å². The molecule has 0 aromatic heterocycles. The van der Waals surface area contributed by atoms with Crippen LogP contribution in [0.15, 0.2) is 54.6 Å². The molecule has 0 aliphatic carbocycles. The third-order valence-electron chi connectivity index (χ3n) is 4.03. The van der Waals surface area contributed by atoms with Crippen LogP contribution < -0.4 is 10.2 Å². The Balaban J connectivity index is 1.54. The molecule has 2 amide bonds. The maximum absolute atomic E-state index is 13.6. The first-order valence-corrected chi connectivity index (χ1v) is 8.10. The van der Waals surface area contributed by atoms with E-state index in [0.29, 0.717) is 12.1 Å². The molecule has 0 bridgehead atoms. The molecule has 0 spiro atoms. The van der Waals surface area contributed by atoms with E-state index in [1.54, 1.807) is 23.1 Å². The number of morpholine rings is 1. The van der Waals surface area contributed by atoms with Crippen molar-refractivity contribution < 1.29 is 18.7 Å². The van der Waals surface area contributed by atoms with Crippen LogP contribution >= 0.6 is 0 Å². The highest BCUT2D eigenvalue weighted by Crippen LogP contribution is 2.17. The minimum absolute atomic E-state index is 0.0251. The van der Waals surface area contributed by atoms with Crippen LogP contribution in [0.1, 0.15) is 5.56 Å². The summed E-state index contributed by atoms with van der Waals surface area (Å²) in [5, 5.41) is 2.75. The summed E-state index contributed by atoms with van der Waals surface area (Å²) in [7, 11) is 0. The van der Waals surface area contributed by atoms with Gasteiger partial charge < -0.3 is 15.0 Å². The van der Waals surface area contributed by atoms with Gasteiger partial charge in [0, 0.05) is 12.2 Å². The number of amides is 2. The van der Waals surface area contributed by atoms with Crippen LogP contribution in [0.4, 0.5) is 10.1 Å². The SMILES string of the molecule is O=C(Cc1ccccc1F)NCC1CN(c2ccccc2)C(=O)CO1. The van der Waals surface area contributed by atoms with E-state index in [4.69, 9.17) is 4.74 Å². The van der Waals surface area contributed by atoms with E-state index in [9.17, 15) is 14.0 Å². The van der Waals surface area contributed by atoms with Crippen molar-refractivity contribution in [2.75, 3.05) is 24.6 Å². The summed E-state index contributed by atoms with van der Waals surface area (Å²) in [5.41, 5.74) is 1.16. The highest BCUT2D eigenvalue weighted by Gasteiger charge is 2.27. The third kappa shape index (κ3) is 4.42. The first-order valence-electron chi connectivity index (χ1n) is 8.10. The van der Waals surface area contributed by atoms with Gasteiger partial charge in [-0.25, -0.2) is 4.39 Å². The van der Waals surface area contributed by atoms with Crippen molar-refractivity contribution in [3.8, 4) is 0 Å². The van der Waals surface area contributed by atoms with Crippen molar-refractivity contribution in [3.63, 3.8) is 0 Å². The van der Waals surface area contributed by atoms with Gasteiger partial charge in [-0.1, -0.05) is 36.4 Å². The Kier molecular flexibility index (Phi) is 5.40. The molecule has 0 radical (unpaired) electrons. The van der Waals surface area contributed by atoms with E-state index in [2.05, 4.69) is 5.32 Å². The fraction of sp³-hybridized carbons (Fsp3) is 0.263. The molecule has 1 atom stereocenters. The van der Waals surface area contributed by atoms with Crippen LogP contribution in [0.5, 0.6) is 0 Å². The van der Waals surface area contributed by atoms with Gasteiger partial charge in [-0.2, -0.15) is 0 Å². The zero-order chi connectivity index (χ0) is 17.6. The summed E-state index contributed by atoms with van der Waals surface area (Å²) in [4.78, 5) is 25.7. The lowest BCUT2D eigenvalue weighted by Gasteiger charge is -2.32. The number of anilines is 1. The van der Waals surface area contributed by atoms with Crippen LogP contribution in [0, 0.1) is 5.82 Å². The molecule has 3 rings (SSSR count). The maximum Gasteiger partial charge on any atom is 0.253 e. The summed E-state index contributed by atoms with van der Waals surface area (Å²) in [5.74, 6) is -0.788. The first kappa shape index (κ1) is 17.1. The molecule has 1 unspecified atom stereocenters. The van der Waals surface area contributed by atoms with Gasteiger partial charge >= 0.3 is 0 Å². The Bertz CT molecular complexity index is 751. The lowest BCUT2D eigenvalue weighted by molar-refractivity contribution is -0.129. The Morgan fingerprint density at radius 2 is 1.88 bits per heavy atom. The van der Waals surface area contributed by atoms with E-state index in [0.717, 1.165) is 5.69 Å². The van der Waals surface area contributed by atoms with Gasteiger partial charge in [0.15, 0.2) is 0 Å². The monoisotopic (exact) mass is 342 g/mol. The van der Waals surface area contributed by atoms with E-state index in [1.807, 2.05) is 30.3 Å². The number of carbonyl (C=O) groups is 2. The Labute approximate surface area is 145 Å². The van der Waals surface area contributed by atoms with Crippen LogP contribution in [0.3, 0.4) is 0 Å². The second-order valence-electron chi connectivity index (χ2n) is 5.85. The van der Waals surface area contributed by atoms with Gasteiger partial charge in [0.2, 0.25) is 5.91 Å². The number of ether oxygens (including phenoxy) is 1. The summed E-state index contributed by atoms with van der Waals surface area (Å²) in [6.45, 7) is 0.607. The zero-order valence-electron chi connectivity index (χ0n) is 13.7. The molecule has 1 N–H and O–H groups in total. The number of rotatable bonds is 5. The quantitative estimate of drug-likeness (QED) is 0.903. The highest BCUT2D eigenvalue weighted by atomic mass is 19.1. The van der Waals surface area contributed by atoms with Gasteiger partial charge in [-0.15, -0.1) is 0 Å². The molecular weight excluding hydrogens is 323 g/mol. The van der Waals surface area contributed by atoms with Crippen molar-refractivity contribution in [2.24, 2.45) is 0 Å². The van der Waals surface area contributed by atoms with E-state index >= 15 is 0 Å². The Morgan fingerprint density at radius 1 is 1.16 bits per heavy atom. The molecule has 2 aromatic rings. The van der Waals surface area contributed by atoms with Crippen molar-refractivity contribution in [1.29, 1.82) is 0 Å². The first-order chi connectivity index (χ1) is 12.1. The Hall–Kier alpha value is -2.73. The van der Waals surface area contributed by atoms with Crippen LogP contribution in [0.25, 0.3) is 0 Å². The van der Waals surface area contributed by atoms with Gasteiger partial charge in [-0.05, 0) is 23.8 Å². The fourth-order valence-corrected chi connectivity index (χ4v) is 2.71. The van der Waals surface area contributed by atoms with Gasteiger partial charge in [0.1, 0.15) is 12.4 Å². The fourth-order valence-electron chi connectivity index (χ4n) is 2.71. The summed E-state index contributed by atoms with van der Waals surface area (Å²) in [6.07, 6.45) is -0.330. The molecule has 2 aromatic carbocycles. The largest absolute Gasteiger partial charge is 0.365 e. The number of nitrogens with one attached hydrogen (secondary N) is 1. The molecule has 5 nitrogen and oxygen atoms in total. The second-order valence-corrected chi connectivity index (χ2v) is 5.85. The maximum atomic E-state index is 13.6. The van der Waals surface area contributed by atoms with Gasteiger partial charge in [0.25, 0.3) is 5.91 Å². The highest BCUT2D eigenvalue weighted by molar-refractivity contribution is 5.95. The predicted molar refractivity (Wildman–Crippen MR) is 91.6 cm³/mol. The molecule has 6 heteroatoms. The Morgan fingerprint density at radius 3 is 2.64 bits per heavy atom. The third-order valence-corrected chi connectivity index (χ3v) is 4.03. The van der Waals surface area contributed by atoms with E-state index < -0.39 is 5.82 Å². The van der Waals surface area contributed by atoms with Crippen LogP contribution in [-0.4, -0.2) is 37.6 Å². The average Bonchev–Trinajstić information content (AvgIpc) is 2.64. The number of halogens is 1. The molecule has 1 aliphatic rings. The average molecular weight is 342 g/mol. The van der Waals surface area contributed by atoms with Gasteiger partial charge in [0.05, 0.1) is 19.1 Å². The number of benzene rings is 2. The number of nitrogens with zero attached hydrogens (tertiary/aromatic N) is 1. The number of hydrogen-bond donors (Lipinski definition) is 1. The second kappa shape index (κ2) is 7.90. The zero-order valence-corrected chi connectivity index (χ0v) is 13.7. The van der Waals surface area contributed by atoms with Crippen molar-refractivity contribution in [3.05, 3.63) is 66.0 Å². The van der Waals surface area contributed by atoms with Crippen molar-refractivity contribution in [2.45, 2.75) is 12.5 Å². The molecule has 0 saturated carbocycles. The smallest absolute Gasteiger partial charge is 0.253 e. The molecule has 1 saturated heterocycles. The van der Waals surface area contributed by atoms with Crippen molar-refractivity contribution >= 4 is 17.5 Å². The van der Waals surface area contributed by atoms with E-state index in [-0.39, 0.29) is 37.5 Å². The summed E-state index contributed by atoms with van der Waals surface area (Å²) >= 11 is 0. The number of carbonyl (C=O) groups excluding carboxylic acids is 2. The predicted octanol–water partition coefficient (Wildman–Crippen LogP) is 1.92. The topological polar surface area (TPSA) is 58.6 Å². The minimum Gasteiger partial charge on any atom is -0.365 e. The minimum atomic E-state index is -0.396. The number of para-hydroxylation sites is 1. The van der Waals surface area contributed by atoms with Crippen LogP contribution in [-0.2, 0) is 20.7 Å². The van der Waals surface area contributed by atoms with Crippen molar-refractivity contribution in [1.82, 2.24) is 5.32 Å². The lowest BCUT2D eigenvalue weighted by Crippen LogP contribution is -2.50.